The molecule has 29 heavy (non-hydrogen) atoms. The third-order valence-corrected chi connectivity index (χ3v) is 6.74. The molecule has 1 unspecified atom stereocenters. The molecular weight excluding hydrogens is 367 g/mol. The van der Waals surface area contributed by atoms with Crippen LogP contribution >= 0.6 is 0 Å². The second-order valence-corrected chi connectivity index (χ2v) is 8.58. The summed E-state index contributed by atoms with van der Waals surface area (Å²) in [6.45, 7) is 1.62. The first-order chi connectivity index (χ1) is 14.0. The van der Waals surface area contributed by atoms with Crippen molar-refractivity contribution in [3.63, 3.8) is 0 Å². The van der Waals surface area contributed by atoms with Gasteiger partial charge in [0, 0.05) is 24.4 Å². The number of nitrogens with one attached hydrogen (secondary N) is 2. The standard InChI is InChI=1S/C24H29FN2O2/c25-20-11-9-19(10-12-20)23-21-8-4-5-13-24(21,29)14-15-27(23)17-22(28)26-16-18-6-2-1-3-7-18/h1-3,6-7,9-12,21,23,29H,4-5,8,13-17H2,(H,26,28)/p+1/t21-,23+,24+/m1/s1. The minimum absolute atomic E-state index is 0.0112. The number of hydrogen-bond donors (Lipinski definition) is 3. The van der Waals surface area contributed by atoms with Crippen LogP contribution in [0.15, 0.2) is 54.6 Å². The Balaban J connectivity index is 1.51. The molecule has 3 N–H and O–H groups in total. The zero-order valence-electron chi connectivity index (χ0n) is 16.7. The molecule has 2 aromatic rings. The molecule has 2 fully saturated rings. The largest absolute Gasteiger partial charge is 0.389 e. The Labute approximate surface area is 171 Å². The molecule has 1 saturated carbocycles. The molecule has 1 amide bonds. The summed E-state index contributed by atoms with van der Waals surface area (Å²) >= 11 is 0. The van der Waals surface area contributed by atoms with Gasteiger partial charge >= 0.3 is 0 Å². The first-order valence-corrected chi connectivity index (χ1v) is 10.7. The summed E-state index contributed by atoms with van der Waals surface area (Å²) in [5.74, 6) is -0.143. The van der Waals surface area contributed by atoms with E-state index < -0.39 is 5.60 Å². The zero-order valence-corrected chi connectivity index (χ0v) is 16.7. The van der Waals surface area contributed by atoms with Gasteiger partial charge in [0.25, 0.3) is 5.91 Å². The van der Waals surface area contributed by atoms with Gasteiger partial charge in [0.1, 0.15) is 11.9 Å². The van der Waals surface area contributed by atoms with Gasteiger partial charge in [-0.25, -0.2) is 4.39 Å². The Morgan fingerprint density at radius 2 is 1.86 bits per heavy atom. The molecule has 4 atom stereocenters. The van der Waals surface area contributed by atoms with Crippen LogP contribution in [0.25, 0.3) is 0 Å². The maximum atomic E-state index is 13.5. The number of carbonyl (C=O) groups is 1. The average Bonchev–Trinajstić information content (AvgIpc) is 2.74. The molecule has 2 aliphatic rings. The van der Waals surface area contributed by atoms with E-state index in [0.717, 1.165) is 49.8 Å². The summed E-state index contributed by atoms with van der Waals surface area (Å²) in [6, 6.07) is 16.5. The summed E-state index contributed by atoms with van der Waals surface area (Å²) in [7, 11) is 0. The van der Waals surface area contributed by atoms with Crippen molar-refractivity contribution in [1.29, 1.82) is 0 Å². The van der Waals surface area contributed by atoms with Gasteiger partial charge in [-0.1, -0.05) is 55.3 Å². The lowest BCUT2D eigenvalue weighted by atomic mass is 9.66. The second-order valence-electron chi connectivity index (χ2n) is 8.58. The number of piperidine rings is 1. The molecule has 1 aliphatic carbocycles. The number of likely N-dealkylation sites (tertiary alicyclic amines) is 1. The van der Waals surface area contributed by atoms with E-state index in [1.54, 1.807) is 0 Å². The summed E-state index contributed by atoms with van der Waals surface area (Å²) in [5, 5.41) is 14.3. The Kier molecular flexibility index (Phi) is 5.97. The number of carbonyl (C=O) groups excluding carboxylic acids is 1. The van der Waals surface area contributed by atoms with Gasteiger partial charge < -0.3 is 15.3 Å². The van der Waals surface area contributed by atoms with Crippen molar-refractivity contribution in [2.45, 2.75) is 50.3 Å². The van der Waals surface area contributed by atoms with Crippen molar-refractivity contribution >= 4 is 5.91 Å². The van der Waals surface area contributed by atoms with Crippen LogP contribution < -0.4 is 10.2 Å². The third kappa shape index (κ3) is 4.51. The number of benzene rings is 2. The third-order valence-electron chi connectivity index (χ3n) is 6.74. The van der Waals surface area contributed by atoms with Crippen molar-refractivity contribution < 1.29 is 19.2 Å². The smallest absolute Gasteiger partial charge is 0.275 e. The highest BCUT2D eigenvalue weighted by Gasteiger charge is 2.51. The lowest BCUT2D eigenvalue weighted by molar-refractivity contribution is -0.937. The minimum atomic E-state index is -0.665. The fraction of sp³-hybridized carbons (Fsp3) is 0.458. The summed E-state index contributed by atoms with van der Waals surface area (Å²) in [6.07, 6.45) is 4.64. The lowest BCUT2D eigenvalue weighted by Crippen LogP contribution is -3.16. The predicted octanol–water partition coefficient (Wildman–Crippen LogP) is 2.39. The number of halogens is 1. The van der Waals surface area contributed by atoms with E-state index in [9.17, 15) is 14.3 Å². The molecule has 2 aromatic carbocycles. The normalized spacial score (nSPS) is 29.1. The number of amides is 1. The Morgan fingerprint density at radius 1 is 1.10 bits per heavy atom. The van der Waals surface area contributed by atoms with Crippen molar-refractivity contribution in [3.05, 3.63) is 71.5 Å². The van der Waals surface area contributed by atoms with Crippen molar-refractivity contribution in [2.75, 3.05) is 13.1 Å². The topological polar surface area (TPSA) is 53.8 Å². The van der Waals surface area contributed by atoms with E-state index in [-0.39, 0.29) is 23.7 Å². The Hall–Kier alpha value is -2.24. The Bertz CT molecular complexity index is 827. The maximum Gasteiger partial charge on any atom is 0.275 e. The zero-order chi connectivity index (χ0) is 20.3. The van der Waals surface area contributed by atoms with E-state index in [1.807, 2.05) is 42.5 Å². The van der Waals surface area contributed by atoms with Gasteiger partial charge in [-0.05, 0) is 30.5 Å². The minimum Gasteiger partial charge on any atom is -0.389 e. The fourth-order valence-electron chi connectivity index (χ4n) is 5.26. The summed E-state index contributed by atoms with van der Waals surface area (Å²) in [5.41, 5.74) is 1.43. The molecule has 0 aromatic heterocycles. The number of aliphatic hydroxyl groups is 1. The maximum absolute atomic E-state index is 13.5. The highest BCUT2D eigenvalue weighted by molar-refractivity contribution is 5.76. The van der Waals surface area contributed by atoms with Gasteiger partial charge in [-0.2, -0.15) is 0 Å². The number of rotatable bonds is 5. The van der Waals surface area contributed by atoms with E-state index >= 15 is 0 Å². The van der Waals surface area contributed by atoms with Crippen LogP contribution in [0.4, 0.5) is 4.39 Å². The predicted molar refractivity (Wildman–Crippen MR) is 110 cm³/mol. The molecule has 5 heteroatoms. The highest BCUT2D eigenvalue weighted by Crippen LogP contribution is 2.43. The first-order valence-electron chi connectivity index (χ1n) is 10.7. The number of hydrogen-bond acceptors (Lipinski definition) is 2. The molecule has 4 nitrogen and oxygen atoms in total. The summed E-state index contributed by atoms with van der Waals surface area (Å²) < 4.78 is 13.5. The van der Waals surface area contributed by atoms with Gasteiger partial charge in [0.15, 0.2) is 6.54 Å². The molecule has 1 heterocycles. The SMILES string of the molecule is O=C(C[NH+]1CC[C@@]2(O)CCCC[C@@H]2[C@@H]1c1ccc(F)cc1)NCc1ccccc1. The molecule has 4 rings (SSSR count). The van der Waals surface area contributed by atoms with Gasteiger partial charge in [-0.15, -0.1) is 0 Å². The molecule has 0 spiro atoms. The second kappa shape index (κ2) is 8.64. The van der Waals surface area contributed by atoms with E-state index in [2.05, 4.69) is 5.32 Å². The van der Waals surface area contributed by atoms with Gasteiger partial charge in [0.05, 0.1) is 12.1 Å². The lowest BCUT2D eigenvalue weighted by Gasteiger charge is -2.50. The fourth-order valence-corrected chi connectivity index (χ4v) is 5.26. The van der Waals surface area contributed by atoms with Crippen molar-refractivity contribution in [2.24, 2.45) is 5.92 Å². The van der Waals surface area contributed by atoms with Crippen LogP contribution in [0.1, 0.15) is 49.3 Å². The van der Waals surface area contributed by atoms with E-state index in [4.69, 9.17) is 0 Å². The average molecular weight is 398 g/mol. The Morgan fingerprint density at radius 3 is 2.62 bits per heavy atom. The quantitative estimate of drug-likeness (QED) is 0.726. The number of fused-ring (bicyclic) bond motifs is 1. The molecule has 154 valence electrons. The first kappa shape index (κ1) is 20.0. The van der Waals surface area contributed by atoms with Crippen LogP contribution in [0.2, 0.25) is 0 Å². The van der Waals surface area contributed by atoms with Crippen LogP contribution in [0, 0.1) is 11.7 Å². The molecule has 1 aliphatic heterocycles. The van der Waals surface area contributed by atoms with Crippen LogP contribution in [0.5, 0.6) is 0 Å². The van der Waals surface area contributed by atoms with E-state index in [1.165, 1.54) is 17.0 Å². The monoisotopic (exact) mass is 397 g/mol. The van der Waals surface area contributed by atoms with Crippen molar-refractivity contribution in [1.82, 2.24) is 5.32 Å². The van der Waals surface area contributed by atoms with Crippen LogP contribution in [-0.4, -0.2) is 29.7 Å². The van der Waals surface area contributed by atoms with Gasteiger partial charge in [-0.3, -0.25) is 4.79 Å². The van der Waals surface area contributed by atoms with Crippen LogP contribution in [-0.2, 0) is 11.3 Å². The van der Waals surface area contributed by atoms with Crippen LogP contribution in [0.3, 0.4) is 0 Å². The summed E-state index contributed by atoms with van der Waals surface area (Å²) in [4.78, 5) is 13.9. The van der Waals surface area contributed by atoms with Gasteiger partial charge in [0.2, 0.25) is 0 Å². The number of quaternary nitrogens is 1. The molecule has 0 bridgehead atoms. The highest BCUT2D eigenvalue weighted by atomic mass is 19.1. The molecule has 0 radical (unpaired) electrons. The molecular formula is C24H30FN2O2+. The van der Waals surface area contributed by atoms with Crippen molar-refractivity contribution in [3.8, 4) is 0 Å². The molecule has 1 saturated heterocycles. The van der Waals surface area contributed by atoms with E-state index in [0.29, 0.717) is 13.1 Å².